The average Bonchev–Trinajstić information content (AvgIpc) is 2.72. The predicted octanol–water partition coefficient (Wildman–Crippen LogP) is 2.48. The molecule has 7 heteroatoms. The SMILES string of the molecule is COc1c(-c2cnn(C)c2N)cc(Cl)c(F)c1OC. The van der Waals surface area contributed by atoms with Crippen LogP contribution in [-0.4, -0.2) is 24.0 Å². The lowest BCUT2D eigenvalue weighted by molar-refractivity contribution is 0.338. The Bertz CT molecular complexity index is 628. The van der Waals surface area contributed by atoms with Gasteiger partial charge in [-0.15, -0.1) is 0 Å². The first kappa shape index (κ1) is 13.5. The van der Waals surface area contributed by atoms with Crippen molar-refractivity contribution in [3.05, 3.63) is 23.1 Å². The average molecular weight is 286 g/mol. The summed E-state index contributed by atoms with van der Waals surface area (Å²) in [7, 11) is 4.46. The Hall–Kier alpha value is -1.95. The van der Waals surface area contributed by atoms with Gasteiger partial charge in [-0.1, -0.05) is 11.6 Å². The summed E-state index contributed by atoms with van der Waals surface area (Å²) in [5, 5.41) is 3.96. The van der Waals surface area contributed by atoms with Gasteiger partial charge in [-0.25, -0.2) is 4.39 Å². The second-order valence-electron chi connectivity index (χ2n) is 3.85. The van der Waals surface area contributed by atoms with E-state index in [4.69, 9.17) is 26.8 Å². The van der Waals surface area contributed by atoms with E-state index in [0.717, 1.165) is 0 Å². The highest BCUT2D eigenvalue weighted by Crippen LogP contribution is 2.44. The fourth-order valence-electron chi connectivity index (χ4n) is 1.83. The summed E-state index contributed by atoms with van der Waals surface area (Å²) in [4.78, 5) is 0. The van der Waals surface area contributed by atoms with Crippen LogP contribution in [0.25, 0.3) is 11.1 Å². The summed E-state index contributed by atoms with van der Waals surface area (Å²) in [6, 6.07) is 1.44. The minimum absolute atomic E-state index is 0.0618. The third-order valence-corrected chi connectivity index (χ3v) is 3.09. The zero-order valence-corrected chi connectivity index (χ0v) is 11.5. The number of nitrogen functional groups attached to an aromatic ring is 1. The maximum absolute atomic E-state index is 13.9. The molecule has 2 aromatic rings. The number of anilines is 1. The van der Waals surface area contributed by atoms with E-state index in [2.05, 4.69) is 5.10 Å². The highest BCUT2D eigenvalue weighted by atomic mass is 35.5. The highest BCUT2D eigenvalue weighted by molar-refractivity contribution is 6.31. The van der Waals surface area contributed by atoms with E-state index in [0.29, 0.717) is 16.9 Å². The largest absolute Gasteiger partial charge is 0.492 e. The third-order valence-electron chi connectivity index (χ3n) is 2.81. The first-order valence-electron chi connectivity index (χ1n) is 5.39. The van der Waals surface area contributed by atoms with Gasteiger partial charge in [0.05, 0.1) is 25.4 Å². The summed E-state index contributed by atoms with van der Waals surface area (Å²) < 4.78 is 25.6. The van der Waals surface area contributed by atoms with Crippen LogP contribution in [0.5, 0.6) is 11.5 Å². The molecule has 2 rings (SSSR count). The fourth-order valence-corrected chi connectivity index (χ4v) is 2.02. The van der Waals surface area contributed by atoms with Crippen molar-refractivity contribution in [2.24, 2.45) is 7.05 Å². The highest BCUT2D eigenvalue weighted by Gasteiger charge is 2.22. The van der Waals surface area contributed by atoms with Crippen LogP contribution < -0.4 is 15.2 Å². The van der Waals surface area contributed by atoms with Gasteiger partial charge in [0.2, 0.25) is 0 Å². The monoisotopic (exact) mass is 285 g/mol. The van der Waals surface area contributed by atoms with Crippen molar-refractivity contribution in [3.8, 4) is 22.6 Å². The lowest BCUT2D eigenvalue weighted by atomic mass is 10.1. The number of methoxy groups -OCH3 is 2. The molecule has 0 spiro atoms. The van der Waals surface area contributed by atoms with Crippen LogP contribution in [0, 0.1) is 5.82 Å². The Kier molecular flexibility index (Phi) is 3.53. The number of aryl methyl sites for hydroxylation is 1. The number of aromatic nitrogens is 2. The predicted molar refractivity (Wildman–Crippen MR) is 71.1 cm³/mol. The minimum Gasteiger partial charge on any atom is -0.492 e. The summed E-state index contributed by atoms with van der Waals surface area (Å²) in [5.41, 5.74) is 7.03. The molecule has 0 saturated heterocycles. The zero-order chi connectivity index (χ0) is 14.2. The van der Waals surface area contributed by atoms with E-state index in [1.807, 2.05) is 0 Å². The molecule has 0 radical (unpaired) electrons. The molecule has 5 nitrogen and oxygen atoms in total. The molecule has 0 fully saturated rings. The topological polar surface area (TPSA) is 62.3 Å². The van der Waals surface area contributed by atoms with Crippen LogP contribution in [0.1, 0.15) is 0 Å². The van der Waals surface area contributed by atoms with Crippen molar-refractivity contribution in [2.75, 3.05) is 20.0 Å². The van der Waals surface area contributed by atoms with Gasteiger partial charge >= 0.3 is 0 Å². The maximum atomic E-state index is 13.9. The van der Waals surface area contributed by atoms with Gasteiger partial charge in [0.1, 0.15) is 5.82 Å². The van der Waals surface area contributed by atoms with Gasteiger partial charge in [-0.2, -0.15) is 5.10 Å². The van der Waals surface area contributed by atoms with E-state index in [9.17, 15) is 4.39 Å². The minimum atomic E-state index is -0.674. The number of benzene rings is 1. The summed E-state index contributed by atoms with van der Waals surface area (Å²) in [5.74, 6) is -0.0902. The molecule has 0 aliphatic rings. The number of nitrogens with two attached hydrogens (primary N) is 1. The smallest absolute Gasteiger partial charge is 0.199 e. The van der Waals surface area contributed by atoms with E-state index in [-0.39, 0.29) is 16.5 Å². The van der Waals surface area contributed by atoms with Crippen molar-refractivity contribution in [1.82, 2.24) is 9.78 Å². The van der Waals surface area contributed by atoms with Crippen molar-refractivity contribution in [2.45, 2.75) is 0 Å². The molecule has 1 aromatic heterocycles. The number of rotatable bonds is 3. The van der Waals surface area contributed by atoms with Crippen molar-refractivity contribution in [1.29, 1.82) is 0 Å². The summed E-state index contributed by atoms with van der Waals surface area (Å²) in [6.07, 6.45) is 1.56. The molecule has 0 amide bonds. The summed E-state index contributed by atoms with van der Waals surface area (Å²) >= 11 is 5.86. The Labute approximate surface area is 114 Å². The van der Waals surface area contributed by atoms with Gasteiger partial charge in [0.25, 0.3) is 0 Å². The zero-order valence-electron chi connectivity index (χ0n) is 10.7. The van der Waals surface area contributed by atoms with Crippen molar-refractivity contribution in [3.63, 3.8) is 0 Å². The molecule has 0 atom stereocenters. The van der Waals surface area contributed by atoms with Crippen LogP contribution >= 0.6 is 11.6 Å². The molecule has 1 aromatic carbocycles. The molecule has 0 bridgehead atoms. The Morgan fingerprint density at radius 1 is 1.26 bits per heavy atom. The molecule has 1 heterocycles. The lowest BCUT2D eigenvalue weighted by Crippen LogP contribution is -2.00. The number of nitrogens with zero attached hydrogens (tertiary/aromatic N) is 2. The fraction of sp³-hybridized carbons (Fsp3) is 0.250. The number of halogens is 2. The number of ether oxygens (including phenoxy) is 2. The van der Waals surface area contributed by atoms with Crippen molar-refractivity contribution >= 4 is 17.4 Å². The Morgan fingerprint density at radius 2 is 1.89 bits per heavy atom. The van der Waals surface area contributed by atoms with Gasteiger partial charge in [0, 0.05) is 18.2 Å². The molecule has 0 saturated carbocycles. The quantitative estimate of drug-likeness (QED) is 0.941. The van der Waals surface area contributed by atoms with Crippen LogP contribution in [0.15, 0.2) is 12.3 Å². The molecule has 102 valence electrons. The molecule has 0 aliphatic heterocycles. The normalized spacial score (nSPS) is 10.6. The van der Waals surface area contributed by atoms with Gasteiger partial charge < -0.3 is 15.2 Å². The second-order valence-corrected chi connectivity index (χ2v) is 4.26. The van der Waals surface area contributed by atoms with Gasteiger partial charge in [-0.3, -0.25) is 4.68 Å². The number of hydrogen-bond acceptors (Lipinski definition) is 4. The van der Waals surface area contributed by atoms with E-state index < -0.39 is 5.82 Å². The standard InChI is InChI=1S/C12H13ClFN3O2/c1-17-12(15)7(5-16-17)6-4-8(13)9(14)11(19-3)10(6)18-2/h4-5H,15H2,1-3H3. The van der Waals surface area contributed by atoms with E-state index in [1.165, 1.54) is 25.0 Å². The lowest BCUT2D eigenvalue weighted by Gasteiger charge is -2.14. The van der Waals surface area contributed by atoms with Crippen molar-refractivity contribution < 1.29 is 13.9 Å². The Balaban J connectivity index is 2.76. The first-order valence-corrected chi connectivity index (χ1v) is 5.76. The van der Waals surface area contributed by atoms with Crippen LogP contribution in [0.4, 0.5) is 10.2 Å². The van der Waals surface area contributed by atoms with E-state index >= 15 is 0 Å². The van der Waals surface area contributed by atoms with Crippen LogP contribution in [0.2, 0.25) is 5.02 Å². The molecular formula is C12H13ClFN3O2. The molecular weight excluding hydrogens is 273 g/mol. The summed E-state index contributed by atoms with van der Waals surface area (Å²) in [6.45, 7) is 0. The van der Waals surface area contributed by atoms with Gasteiger partial charge in [-0.05, 0) is 6.07 Å². The maximum Gasteiger partial charge on any atom is 0.199 e. The molecule has 0 aliphatic carbocycles. The second kappa shape index (κ2) is 4.97. The molecule has 0 unspecified atom stereocenters. The first-order chi connectivity index (χ1) is 9.01. The van der Waals surface area contributed by atoms with Crippen LogP contribution in [-0.2, 0) is 7.05 Å². The van der Waals surface area contributed by atoms with Crippen LogP contribution in [0.3, 0.4) is 0 Å². The third kappa shape index (κ3) is 2.08. The molecule has 2 N–H and O–H groups in total. The molecule has 19 heavy (non-hydrogen) atoms. The Morgan fingerprint density at radius 3 is 2.37 bits per heavy atom. The number of hydrogen-bond donors (Lipinski definition) is 1. The van der Waals surface area contributed by atoms with E-state index in [1.54, 1.807) is 13.2 Å². The van der Waals surface area contributed by atoms with Gasteiger partial charge in [0.15, 0.2) is 17.3 Å².